The maximum atomic E-state index is 9.96. The van der Waals surface area contributed by atoms with Crippen molar-refractivity contribution >= 4 is 23.7 Å². The first-order valence-corrected chi connectivity index (χ1v) is 3.95. The van der Waals surface area contributed by atoms with Gasteiger partial charge in [-0.1, -0.05) is 23.4 Å². The normalized spacial score (nSPS) is 8.69. The Labute approximate surface area is 80.9 Å². The van der Waals surface area contributed by atoms with Crippen LogP contribution in [0.3, 0.4) is 0 Å². The van der Waals surface area contributed by atoms with Gasteiger partial charge in [0.25, 0.3) is 0 Å². The van der Waals surface area contributed by atoms with Gasteiger partial charge < -0.3 is 10.5 Å². The largest absolute Gasteiger partial charge is 0.384 e. The molecule has 0 aromatic carbocycles. The maximum Gasteiger partial charge on any atom is 0.131 e. The number of nitrogens with zero attached hydrogens (tertiary/aromatic N) is 1. The van der Waals surface area contributed by atoms with Crippen LogP contribution in [-0.2, 0) is 4.79 Å². The number of aldehydes is 1. The summed E-state index contributed by atoms with van der Waals surface area (Å²) >= 11 is 5.80. The zero-order valence-corrected chi connectivity index (χ0v) is 7.51. The average Bonchev–Trinajstić information content (AvgIpc) is 2.09. The quantitative estimate of drug-likeness (QED) is 0.541. The second-order valence-corrected chi connectivity index (χ2v) is 2.67. The van der Waals surface area contributed by atoms with Crippen LogP contribution < -0.4 is 5.73 Å². The van der Waals surface area contributed by atoms with Gasteiger partial charge in [0.05, 0.1) is 17.0 Å². The molecule has 13 heavy (non-hydrogen) atoms. The van der Waals surface area contributed by atoms with Gasteiger partial charge in [-0.25, -0.2) is 4.98 Å². The minimum absolute atomic E-state index is 0.195. The molecule has 0 saturated heterocycles. The molecule has 1 aromatic rings. The van der Waals surface area contributed by atoms with Crippen molar-refractivity contribution in [1.82, 2.24) is 4.98 Å². The molecule has 0 aliphatic carbocycles. The molecule has 0 fully saturated rings. The summed E-state index contributed by atoms with van der Waals surface area (Å²) in [6.07, 6.45) is 2.40. The number of anilines is 1. The van der Waals surface area contributed by atoms with Gasteiger partial charge in [0, 0.05) is 12.3 Å². The van der Waals surface area contributed by atoms with Gasteiger partial charge in [-0.3, -0.25) is 0 Å². The molecular formula is C9H7ClN2O. The number of carbonyl (C=O) groups is 1. The van der Waals surface area contributed by atoms with Crippen molar-refractivity contribution in [3.05, 3.63) is 22.8 Å². The molecule has 2 N–H and O–H groups in total. The lowest BCUT2D eigenvalue weighted by Gasteiger charge is -1.95. The van der Waals surface area contributed by atoms with E-state index in [1.165, 1.54) is 12.3 Å². The summed E-state index contributed by atoms with van der Waals surface area (Å²) in [6.45, 7) is 0. The van der Waals surface area contributed by atoms with E-state index in [9.17, 15) is 4.79 Å². The van der Waals surface area contributed by atoms with Crippen LogP contribution in [0.25, 0.3) is 0 Å². The number of carbonyl (C=O) groups excluding carboxylic acids is 1. The van der Waals surface area contributed by atoms with Crippen molar-refractivity contribution in [3.63, 3.8) is 0 Å². The molecule has 1 heterocycles. The van der Waals surface area contributed by atoms with E-state index < -0.39 is 0 Å². The standard InChI is InChI=1S/C9H7ClN2O/c10-8-5-9(11)12-6-7(8)3-1-2-4-13/h4-6H,2H2,(H2,11,12). The van der Waals surface area contributed by atoms with Gasteiger partial charge >= 0.3 is 0 Å². The molecule has 0 unspecified atom stereocenters. The predicted molar refractivity (Wildman–Crippen MR) is 51.2 cm³/mol. The number of rotatable bonds is 1. The van der Waals surface area contributed by atoms with Crippen molar-refractivity contribution in [2.24, 2.45) is 0 Å². The number of hydrogen-bond acceptors (Lipinski definition) is 3. The van der Waals surface area contributed by atoms with E-state index in [2.05, 4.69) is 16.8 Å². The van der Waals surface area contributed by atoms with Gasteiger partial charge in [0.15, 0.2) is 0 Å². The zero-order chi connectivity index (χ0) is 9.68. The summed E-state index contributed by atoms with van der Waals surface area (Å²) in [5.41, 5.74) is 5.96. The van der Waals surface area contributed by atoms with E-state index >= 15 is 0 Å². The number of aromatic nitrogens is 1. The second-order valence-electron chi connectivity index (χ2n) is 2.26. The molecule has 0 aliphatic rings. The maximum absolute atomic E-state index is 9.96. The van der Waals surface area contributed by atoms with Crippen LogP contribution in [0.4, 0.5) is 5.82 Å². The molecule has 0 amide bonds. The molecule has 1 aromatic heterocycles. The van der Waals surface area contributed by atoms with Crippen LogP contribution in [0.1, 0.15) is 12.0 Å². The Bertz CT molecular complexity index is 379. The summed E-state index contributed by atoms with van der Waals surface area (Å²) < 4.78 is 0. The Morgan fingerprint density at radius 2 is 2.46 bits per heavy atom. The average molecular weight is 195 g/mol. The zero-order valence-electron chi connectivity index (χ0n) is 6.75. The van der Waals surface area contributed by atoms with Crippen LogP contribution in [0.15, 0.2) is 12.3 Å². The fourth-order valence-corrected chi connectivity index (χ4v) is 0.933. The lowest BCUT2D eigenvalue weighted by atomic mass is 10.3. The van der Waals surface area contributed by atoms with Crippen LogP contribution in [0, 0.1) is 11.8 Å². The number of pyridine rings is 1. The Morgan fingerprint density at radius 1 is 1.69 bits per heavy atom. The SMILES string of the molecule is Nc1cc(Cl)c(C#CCC=O)cn1. The van der Waals surface area contributed by atoms with Crippen molar-refractivity contribution < 1.29 is 4.79 Å². The number of nitrogens with two attached hydrogens (primary N) is 1. The molecule has 3 nitrogen and oxygen atoms in total. The highest BCUT2D eigenvalue weighted by atomic mass is 35.5. The van der Waals surface area contributed by atoms with Gasteiger partial charge in [-0.05, 0) is 0 Å². The van der Waals surface area contributed by atoms with Gasteiger partial charge in [-0.15, -0.1) is 0 Å². The molecule has 0 radical (unpaired) electrons. The molecule has 4 heteroatoms. The summed E-state index contributed by atoms with van der Waals surface area (Å²) in [6, 6.07) is 1.52. The summed E-state index contributed by atoms with van der Waals surface area (Å²) in [5.74, 6) is 5.69. The van der Waals surface area contributed by atoms with E-state index in [0.29, 0.717) is 16.4 Å². The molecule has 0 aliphatic heterocycles. The van der Waals surface area contributed by atoms with E-state index in [4.69, 9.17) is 17.3 Å². The first-order valence-electron chi connectivity index (χ1n) is 3.57. The van der Waals surface area contributed by atoms with Crippen molar-refractivity contribution in [2.75, 3.05) is 5.73 Å². The van der Waals surface area contributed by atoms with Crippen LogP contribution in [0.2, 0.25) is 5.02 Å². The highest BCUT2D eigenvalue weighted by Crippen LogP contribution is 2.15. The predicted octanol–water partition coefficient (Wildman–Crippen LogP) is 1.26. The van der Waals surface area contributed by atoms with Crippen LogP contribution in [0.5, 0.6) is 0 Å². The van der Waals surface area contributed by atoms with Gasteiger partial charge in [-0.2, -0.15) is 0 Å². The first-order chi connectivity index (χ1) is 6.24. The second kappa shape index (κ2) is 4.48. The Kier molecular flexibility index (Phi) is 3.30. The lowest BCUT2D eigenvalue weighted by molar-refractivity contribution is -0.107. The number of hydrogen-bond donors (Lipinski definition) is 1. The number of halogens is 1. The third-order valence-electron chi connectivity index (χ3n) is 1.28. The highest BCUT2D eigenvalue weighted by molar-refractivity contribution is 6.31. The Balaban J connectivity index is 2.91. The van der Waals surface area contributed by atoms with E-state index in [-0.39, 0.29) is 6.42 Å². The molecule has 0 spiro atoms. The molecule has 0 atom stereocenters. The van der Waals surface area contributed by atoms with Crippen molar-refractivity contribution in [2.45, 2.75) is 6.42 Å². The fraction of sp³-hybridized carbons (Fsp3) is 0.111. The minimum atomic E-state index is 0.195. The van der Waals surface area contributed by atoms with E-state index in [1.807, 2.05) is 0 Å². The molecule has 0 saturated carbocycles. The van der Waals surface area contributed by atoms with Gasteiger partial charge in [0.1, 0.15) is 12.1 Å². The fourth-order valence-electron chi connectivity index (χ4n) is 0.726. The molecule has 0 bridgehead atoms. The number of nitrogen functional groups attached to an aromatic ring is 1. The van der Waals surface area contributed by atoms with Crippen molar-refractivity contribution in [1.29, 1.82) is 0 Å². The summed E-state index contributed by atoms with van der Waals surface area (Å²) in [4.78, 5) is 13.8. The Hall–Kier alpha value is -1.53. The first kappa shape index (κ1) is 9.56. The molecule has 1 rings (SSSR count). The monoisotopic (exact) mass is 194 g/mol. The highest BCUT2D eigenvalue weighted by Gasteiger charge is 1.96. The van der Waals surface area contributed by atoms with Crippen LogP contribution in [-0.4, -0.2) is 11.3 Å². The minimum Gasteiger partial charge on any atom is -0.384 e. The third-order valence-corrected chi connectivity index (χ3v) is 1.60. The Morgan fingerprint density at radius 3 is 3.08 bits per heavy atom. The lowest BCUT2D eigenvalue weighted by Crippen LogP contribution is -1.90. The van der Waals surface area contributed by atoms with E-state index in [1.54, 1.807) is 0 Å². The summed E-state index contributed by atoms with van der Waals surface area (Å²) in [5, 5.41) is 0.450. The summed E-state index contributed by atoms with van der Waals surface area (Å²) in [7, 11) is 0. The van der Waals surface area contributed by atoms with Gasteiger partial charge in [0.2, 0.25) is 0 Å². The van der Waals surface area contributed by atoms with Crippen LogP contribution >= 0.6 is 11.6 Å². The topological polar surface area (TPSA) is 56.0 Å². The van der Waals surface area contributed by atoms with E-state index in [0.717, 1.165) is 6.29 Å². The van der Waals surface area contributed by atoms with Crippen molar-refractivity contribution in [3.8, 4) is 11.8 Å². The smallest absolute Gasteiger partial charge is 0.131 e. The third kappa shape index (κ3) is 2.77. The molecule has 66 valence electrons. The molecular weight excluding hydrogens is 188 g/mol.